The summed E-state index contributed by atoms with van der Waals surface area (Å²) in [7, 11) is 0. The van der Waals surface area contributed by atoms with Crippen LogP contribution in [0.15, 0.2) is 60.0 Å². The molecule has 0 radical (unpaired) electrons. The molecular formula is C21H25FN6O. The van der Waals surface area contributed by atoms with E-state index in [2.05, 4.69) is 20.9 Å². The Labute approximate surface area is 168 Å². The lowest BCUT2D eigenvalue weighted by atomic mass is 9.91. The van der Waals surface area contributed by atoms with Gasteiger partial charge in [0.1, 0.15) is 12.0 Å². The smallest absolute Gasteiger partial charge is 0.248 e. The second kappa shape index (κ2) is 8.08. The number of carbonyl (C=O) groups excluding carboxylic acids is 1. The van der Waals surface area contributed by atoms with Gasteiger partial charge in [-0.25, -0.2) is 4.39 Å². The molecule has 152 valence electrons. The standard InChI is InChI=1S/C21H25FN6O/c22-16-10-15(19(24)29)20(28-21(16)27-18-4-2-1-3-17(18)23)26-14-6-5-13-11-25-8-7-12(13)9-14/h5-11,17-18,20,26-28H,1-4,23H2,(H2,24,29)/t17-,18+,20?/m0/s1. The summed E-state index contributed by atoms with van der Waals surface area (Å²) in [5.74, 6) is -1.03. The summed E-state index contributed by atoms with van der Waals surface area (Å²) >= 11 is 0. The van der Waals surface area contributed by atoms with Crippen molar-refractivity contribution in [1.82, 2.24) is 15.6 Å². The third kappa shape index (κ3) is 4.17. The van der Waals surface area contributed by atoms with Gasteiger partial charge >= 0.3 is 0 Å². The molecule has 1 aromatic carbocycles. The molecule has 7 N–H and O–H groups in total. The van der Waals surface area contributed by atoms with Crippen molar-refractivity contribution < 1.29 is 9.18 Å². The molecule has 0 spiro atoms. The van der Waals surface area contributed by atoms with Crippen LogP contribution in [0.25, 0.3) is 10.8 Å². The summed E-state index contributed by atoms with van der Waals surface area (Å²) in [6, 6.07) is 7.59. The van der Waals surface area contributed by atoms with E-state index in [4.69, 9.17) is 11.5 Å². The monoisotopic (exact) mass is 396 g/mol. The average molecular weight is 396 g/mol. The first-order chi connectivity index (χ1) is 14.0. The van der Waals surface area contributed by atoms with E-state index in [-0.39, 0.29) is 23.5 Å². The number of halogens is 1. The van der Waals surface area contributed by atoms with Gasteiger partial charge in [0.2, 0.25) is 5.91 Å². The van der Waals surface area contributed by atoms with Crippen LogP contribution in [0.1, 0.15) is 25.7 Å². The van der Waals surface area contributed by atoms with Crippen LogP contribution in [0.4, 0.5) is 10.1 Å². The number of anilines is 1. The van der Waals surface area contributed by atoms with Gasteiger partial charge in [0.25, 0.3) is 0 Å². The van der Waals surface area contributed by atoms with Crippen LogP contribution in [0.3, 0.4) is 0 Å². The zero-order valence-electron chi connectivity index (χ0n) is 16.0. The highest BCUT2D eigenvalue weighted by Gasteiger charge is 2.29. The average Bonchev–Trinajstić information content (AvgIpc) is 2.71. The van der Waals surface area contributed by atoms with E-state index in [0.717, 1.165) is 42.1 Å². The lowest BCUT2D eigenvalue weighted by Gasteiger charge is -2.34. The summed E-state index contributed by atoms with van der Waals surface area (Å²) in [6.45, 7) is 0. The van der Waals surface area contributed by atoms with E-state index in [1.165, 1.54) is 6.08 Å². The van der Waals surface area contributed by atoms with Crippen molar-refractivity contribution in [2.24, 2.45) is 11.5 Å². The fraction of sp³-hybridized carbons (Fsp3) is 0.333. The molecule has 2 heterocycles. The van der Waals surface area contributed by atoms with Crippen LogP contribution in [-0.2, 0) is 4.79 Å². The van der Waals surface area contributed by atoms with Crippen LogP contribution in [0.2, 0.25) is 0 Å². The van der Waals surface area contributed by atoms with Crippen LogP contribution in [0, 0.1) is 0 Å². The number of benzene rings is 1. The minimum absolute atomic E-state index is 0.0191. The normalized spacial score (nSPS) is 24.6. The molecule has 1 unspecified atom stereocenters. The lowest BCUT2D eigenvalue weighted by Crippen LogP contribution is -2.53. The minimum atomic E-state index is -0.691. The van der Waals surface area contributed by atoms with E-state index in [9.17, 15) is 9.18 Å². The molecule has 8 heteroatoms. The number of amides is 1. The largest absolute Gasteiger partial charge is 0.366 e. The summed E-state index contributed by atoms with van der Waals surface area (Å²) in [5, 5.41) is 11.5. The first-order valence-corrected chi connectivity index (χ1v) is 9.81. The number of aromatic nitrogens is 1. The van der Waals surface area contributed by atoms with Crippen molar-refractivity contribution in [3.8, 4) is 0 Å². The Morgan fingerprint density at radius 3 is 2.79 bits per heavy atom. The Morgan fingerprint density at radius 2 is 2.00 bits per heavy atom. The summed E-state index contributed by atoms with van der Waals surface area (Å²) in [5.41, 5.74) is 12.6. The fourth-order valence-electron chi connectivity index (χ4n) is 3.88. The topological polar surface area (TPSA) is 118 Å². The molecule has 1 saturated carbocycles. The number of primary amides is 1. The number of nitrogens with two attached hydrogens (primary N) is 2. The minimum Gasteiger partial charge on any atom is -0.366 e. The predicted octanol–water partition coefficient (Wildman–Crippen LogP) is 1.99. The van der Waals surface area contributed by atoms with Gasteiger partial charge in [0.05, 0.1) is 5.57 Å². The van der Waals surface area contributed by atoms with E-state index in [1.54, 1.807) is 12.4 Å². The van der Waals surface area contributed by atoms with E-state index >= 15 is 0 Å². The summed E-state index contributed by atoms with van der Waals surface area (Å²) in [4.78, 5) is 16.0. The highest BCUT2D eigenvalue weighted by molar-refractivity contribution is 5.95. The van der Waals surface area contributed by atoms with Gasteiger partial charge in [0, 0.05) is 35.6 Å². The van der Waals surface area contributed by atoms with Crippen molar-refractivity contribution in [2.75, 3.05) is 5.32 Å². The number of hydrogen-bond acceptors (Lipinski definition) is 6. The number of nitrogens with zero attached hydrogens (tertiary/aromatic N) is 1. The Balaban J connectivity index is 1.56. The highest BCUT2D eigenvalue weighted by atomic mass is 19.1. The van der Waals surface area contributed by atoms with Gasteiger partial charge < -0.3 is 27.4 Å². The SMILES string of the molecule is NC(=O)C1=CC(F)=C(N[C@@H]2CCCC[C@@H]2N)NC1Nc1ccc2cnccc2c1. The molecule has 1 aliphatic heterocycles. The molecule has 1 aliphatic carbocycles. The Bertz CT molecular complexity index is 988. The van der Waals surface area contributed by atoms with Crippen molar-refractivity contribution in [3.63, 3.8) is 0 Å². The maximum absolute atomic E-state index is 14.7. The highest BCUT2D eigenvalue weighted by Crippen LogP contribution is 2.24. The van der Waals surface area contributed by atoms with Gasteiger partial charge in [-0.15, -0.1) is 0 Å². The van der Waals surface area contributed by atoms with Crippen LogP contribution < -0.4 is 27.4 Å². The van der Waals surface area contributed by atoms with E-state index < -0.39 is 17.9 Å². The molecule has 4 rings (SSSR count). The molecule has 1 amide bonds. The van der Waals surface area contributed by atoms with Crippen molar-refractivity contribution in [1.29, 1.82) is 0 Å². The molecule has 0 saturated heterocycles. The van der Waals surface area contributed by atoms with Crippen LogP contribution >= 0.6 is 0 Å². The Hall–Kier alpha value is -3.13. The first kappa shape index (κ1) is 19.2. The van der Waals surface area contributed by atoms with Crippen LogP contribution in [0.5, 0.6) is 0 Å². The van der Waals surface area contributed by atoms with Crippen LogP contribution in [-0.4, -0.2) is 29.1 Å². The number of allylic oxidation sites excluding steroid dienone is 2. The quantitative estimate of drug-likeness (QED) is 0.527. The molecule has 2 aromatic rings. The molecule has 7 nitrogen and oxygen atoms in total. The van der Waals surface area contributed by atoms with Crippen molar-refractivity contribution >= 4 is 22.4 Å². The number of nitrogens with one attached hydrogen (secondary N) is 3. The third-order valence-corrected chi connectivity index (χ3v) is 5.51. The molecule has 0 bridgehead atoms. The third-order valence-electron chi connectivity index (χ3n) is 5.51. The van der Waals surface area contributed by atoms with Gasteiger partial charge in [-0.1, -0.05) is 18.9 Å². The number of dihydropyridines is 1. The van der Waals surface area contributed by atoms with Gasteiger partial charge in [-0.2, -0.15) is 0 Å². The zero-order chi connectivity index (χ0) is 20.4. The Morgan fingerprint density at radius 1 is 1.17 bits per heavy atom. The zero-order valence-corrected chi connectivity index (χ0v) is 16.0. The van der Waals surface area contributed by atoms with Gasteiger partial charge in [0.15, 0.2) is 5.83 Å². The maximum Gasteiger partial charge on any atom is 0.248 e. The van der Waals surface area contributed by atoms with Crippen molar-refractivity contribution in [2.45, 2.75) is 43.9 Å². The van der Waals surface area contributed by atoms with Crippen molar-refractivity contribution in [3.05, 3.63) is 60.0 Å². The summed E-state index contributed by atoms with van der Waals surface area (Å²) < 4.78 is 14.7. The molecule has 1 aromatic heterocycles. The molecule has 29 heavy (non-hydrogen) atoms. The molecule has 3 atom stereocenters. The van der Waals surface area contributed by atoms with Gasteiger partial charge in [-0.05, 0) is 42.5 Å². The van der Waals surface area contributed by atoms with E-state index in [0.29, 0.717) is 0 Å². The number of pyridine rings is 1. The number of hydrogen-bond donors (Lipinski definition) is 5. The van der Waals surface area contributed by atoms with E-state index in [1.807, 2.05) is 24.3 Å². The fourth-order valence-corrected chi connectivity index (χ4v) is 3.88. The first-order valence-electron chi connectivity index (χ1n) is 9.81. The maximum atomic E-state index is 14.7. The van der Waals surface area contributed by atoms with Gasteiger partial charge in [-0.3, -0.25) is 9.78 Å². The lowest BCUT2D eigenvalue weighted by molar-refractivity contribution is -0.114. The predicted molar refractivity (Wildman–Crippen MR) is 111 cm³/mol. The number of fused-ring (bicyclic) bond motifs is 1. The second-order valence-corrected chi connectivity index (χ2v) is 7.55. The molecule has 2 aliphatic rings. The molecular weight excluding hydrogens is 371 g/mol. The second-order valence-electron chi connectivity index (χ2n) is 7.55. The number of rotatable bonds is 5. The molecule has 1 fully saturated rings. The Kier molecular flexibility index (Phi) is 5.35. The number of carbonyl (C=O) groups is 1. The summed E-state index contributed by atoms with van der Waals surface area (Å²) in [6.07, 6.45) is 7.92.